The summed E-state index contributed by atoms with van der Waals surface area (Å²) in [6, 6.07) is 22.8. The van der Waals surface area contributed by atoms with Crippen molar-refractivity contribution in [2.75, 3.05) is 0 Å². The molecule has 0 amide bonds. The van der Waals surface area contributed by atoms with Crippen molar-refractivity contribution in [1.29, 1.82) is 0 Å². The van der Waals surface area contributed by atoms with Gasteiger partial charge in [0, 0.05) is 12.8 Å². The summed E-state index contributed by atoms with van der Waals surface area (Å²) in [6.07, 6.45) is 0. The molecule has 0 saturated heterocycles. The van der Waals surface area contributed by atoms with Crippen LogP contribution < -0.4 is 11.2 Å². The van der Waals surface area contributed by atoms with Gasteiger partial charge in [-0.2, -0.15) is 0 Å². The lowest BCUT2D eigenvalue weighted by Crippen LogP contribution is -2.29. The van der Waals surface area contributed by atoms with Crippen LogP contribution in [-0.4, -0.2) is 19.1 Å². The van der Waals surface area contributed by atoms with Crippen molar-refractivity contribution in [2.45, 2.75) is 24.4 Å². The van der Waals surface area contributed by atoms with E-state index in [0.29, 0.717) is 28.6 Å². The molecule has 0 aliphatic rings. The second-order valence-electron chi connectivity index (χ2n) is 7.89. The molecule has 0 aliphatic heterocycles. The predicted octanol–water partition coefficient (Wildman–Crippen LogP) is 4.23. The van der Waals surface area contributed by atoms with Crippen molar-refractivity contribution in [2.24, 2.45) is 7.05 Å². The molecule has 0 saturated carbocycles. The number of thioether (sulfide) groups is 1. The SMILES string of the molecule is Cc1cccc(Cn2c(SCc3cccc4ccccc34)nc3c2c(=O)[nH]c(=O)n3C)c1. The lowest BCUT2D eigenvalue weighted by Gasteiger charge is -2.10. The van der Waals surface area contributed by atoms with Crippen LogP contribution in [0.4, 0.5) is 0 Å². The molecule has 5 rings (SSSR count). The molecule has 1 N–H and O–H groups in total. The van der Waals surface area contributed by atoms with E-state index in [1.165, 1.54) is 20.9 Å². The summed E-state index contributed by atoms with van der Waals surface area (Å²) < 4.78 is 3.31. The van der Waals surface area contributed by atoms with Gasteiger partial charge in [-0.15, -0.1) is 0 Å². The van der Waals surface area contributed by atoms with Crippen LogP contribution >= 0.6 is 11.8 Å². The van der Waals surface area contributed by atoms with E-state index in [4.69, 9.17) is 4.98 Å². The third-order valence-corrected chi connectivity index (χ3v) is 6.66. The van der Waals surface area contributed by atoms with E-state index in [1.807, 2.05) is 41.8 Å². The lowest BCUT2D eigenvalue weighted by atomic mass is 10.1. The Balaban J connectivity index is 1.61. The fourth-order valence-electron chi connectivity index (χ4n) is 4.03. The third-order valence-electron chi connectivity index (χ3n) is 5.63. The molecule has 0 atom stereocenters. The summed E-state index contributed by atoms with van der Waals surface area (Å²) >= 11 is 1.57. The second kappa shape index (κ2) is 8.16. The van der Waals surface area contributed by atoms with Gasteiger partial charge in [0.15, 0.2) is 16.3 Å². The molecule has 160 valence electrons. The lowest BCUT2D eigenvalue weighted by molar-refractivity contribution is 0.727. The number of nitrogens with one attached hydrogen (secondary N) is 1. The van der Waals surface area contributed by atoms with Crippen LogP contribution in [0.25, 0.3) is 21.9 Å². The highest BCUT2D eigenvalue weighted by molar-refractivity contribution is 7.98. The Morgan fingerprint density at radius 1 is 1.00 bits per heavy atom. The number of imidazole rings is 1. The Morgan fingerprint density at radius 3 is 2.62 bits per heavy atom. The van der Waals surface area contributed by atoms with Crippen molar-refractivity contribution in [1.82, 2.24) is 19.1 Å². The molecule has 5 aromatic rings. The molecule has 0 radical (unpaired) electrons. The number of aromatic amines is 1. The van der Waals surface area contributed by atoms with Gasteiger partial charge in [-0.1, -0.05) is 84.1 Å². The topological polar surface area (TPSA) is 72.7 Å². The number of fused-ring (bicyclic) bond motifs is 2. The first kappa shape index (κ1) is 20.3. The van der Waals surface area contributed by atoms with Gasteiger partial charge >= 0.3 is 5.69 Å². The zero-order valence-electron chi connectivity index (χ0n) is 17.8. The van der Waals surface area contributed by atoms with Gasteiger partial charge < -0.3 is 4.57 Å². The minimum atomic E-state index is -0.465. The first-order chi connectivity index (χ1) is 15.5. The van der Waals surface area contributed by atoms with Crippen LogP contribution in [0.1, 0.15) is 16.7 Å². The smallest absolute Gasteiger partial charge is 0.309 e. The Morgan fingerprint density at radius 2 is 1.78 bits per heavy atom. The van der Waals surface area contributed by atoms with Gasteiger partial charge in [-0.3, -0.25) is 14.3 Å². The van der Waals surface area contributed by atoms with Crippen molar-refractivity contribution < 1.29 is 0 Å². The number of nitrogens with zero attached hydrogens (tertiary/aromatic N) is 3. The molecule has 32 heavy (non-hydrogen) atoms. The van der Waals surface area contributed by atoms with Crippen molar-refractivity contribution >= 4 is 33.7 Å². The third kappa shape index (κ3) is 3.65. The number of aromatic nitrogens is 4. The second-order valence-corrected chi connectivity index (χ2v) is 8.83. The molecule has 3 aromatic carbocycles. The maximum absolute atomic E-state index is 12.8. The number of rotatable bonds is 5. The van der Waals surface area contributed by atoms with E-state index in [9.17, 15) is 9.59 Å². The zero-order chi connectivity index (χ0) is 22.2. The van der Waals surface area contributed by atoms with Crippen LogP contribution in [0.2, 0.25) is 0 Å². The van der Waals surface area contributed by atoms with Crippen molar-refractivity contribution in [3.63, 3.8) is 0 Å². The molecular weight excluding hydrogens is 420 g/mol. The van der Waals surface area contributed by atoms with Gasteiger partial charge in [0.05, 0.1) is 6.54 Å². The van der Waals surface area contributed by atoms with E-state index < -0.39 is 11.2 Å². The summed E-state index contributed by atoms with van der Waals surface area (Å²) in [5.41, 5.74) is 3.35. The maximum atomic E-state index is 12.8. The van der Waals surface area contributed by atoms with Crippen LogP contribution in [0.5, 0.6) is 0 Å². The molecule has 2 heterocycles. The van der Waals surface area contributed by atoms with Crippen molar-refractivity contribution in [3.8, 4) is 0 Å². The maximum Gasteiger partial charge on any atom is 0.329 e. The normalized spacial score (nSPS) is 11.4. The summed E-state index contributed by atoms with van der Waals surface area (Å²) in [7, 11) is 1.63. The Kier molecular flexibility index (Phi) is 5.19. The minimum Gasteiger partial charge on any atom is -0.309 e. The molecule has 0 fully saturated rings. The average molecular weight is 443 g/mol. The summed E-state index contributed by atoms with van der Waals surface area (Å²) in [6.45, 7) is 2.54. The molecular formula is C25H22N4O2S. The average Bonchev–Trinajstić information content (AvgIpc) is 3.15. The number of hydrogen-bond donors (Lipinski definition) is 1. The molecule has 0 unspecified atom stereocenters. The first-order valence-electron chi connectivity index (χ1n) is 10.4. The minimum absolute atomic E-state index is 0.395. The summed E-state index contributed by atoms with van der Waals surface area (Å²) in [4.78, 5) is 32.0. The standard InChI is InChI=1S/C25H22N4O2S/c1-16-7-5-8-17(13-16)14-29-21-22(28(2)24(31)27-23(21)30)26-25(29)32-15-19-11-6-10-18-9-3-4-12-20(18)19/h3-13H,14-15H2,1-2H3,(H,27,30,31). The van der Waals surface area contributed by atoms with Crippen LogP contribution in [-0.2, 0) is 19.3 Å². The van der Waals surface area contributed by atoms with E-state index in [2.05, 4.69) is 41.4 Å². The molecule has 0 bridgehead atoms. The highest BCUT2D eigenvalue weighted by atomic mass is 32.2. The summed E-state index contributed by atoms with van der Waals surface area (Å²) in [5.74, 6) is 0.699. The predicted molar refractivity (Wildman–Crippen MR) is 129 cm³/mol. The Labute approximate surface area is 188 Å². The monoisotopic (exact) mass is 442 g/mol. The quantitative estimate of drug-likeness (QED) is 0.414. The fraction of sp³-hybridized carbons (Fsp3) is 0.160. The van der Waals surface area contributed by atoms with Gasteiger partial charge in [0.1, 0.15) is 0 Å². The van der Waals surface area contributed by atoms with E-state index in [1.54, 1.807) is 18.8 Å². The Hall–Kier alpha value is -3.58. The highest BCUT2D eigenvalue weighted by Gasteiger charge is 2.18. The van der Waals surface area contributed by atoms with E-state index in [0.717, 1.165) is 11.1 Å². The Bertz CT molecular complexity index is 1570. The van der Waals surface area contributed by atoms with Crippen LogP contribution in [0, 0.1) is 6.92 Å². The molecule has 0 spiro atoms. The zero-order valence-corrected chi connectivity index (χ0v) is 18.6. The fourth-order valence-corrected chi connectivity index (χ4v) is 5.02. The van der Waals surface area contributed by atoms with Gasteiger partial charge in [-0.05, 0) is 28.8 Å². The van der Waals surface area contributed by atoms with E-state index in [-0.39, 0.29) is 0 Å². The summed E-state index contributed by atoms with van der Waals surface area (Å²) in [5, 5.41) is 3.10. The largest absolute Gasteiger partial charge is 0.329 e. The first-order valence-corrected chi connectivity index (χ1v) is 11.3. The number of H-pyrrole nitrogens is 1. The van der Waals surface area contributed by atoms with Gasteiger partial charge in [-0.25, -0.2) is 9.78 Å². The van der Waals surface area contributed by atoms with Crippen LogP contribution in [0.15, 0.2) is 81.5 Å². The van der Waals surface area contributed by atoms with Crippen LogP contribution in [0.3, 0.4) is 0 Å². The molecule has 7 heteroatoms. The number of benzene rings is 3. The molecule has 2 aromatic heterocycles. The van der Waals surface area contributed by atoms with Crippen molar-refractivity contribution in [3.05, 3.63) is 104 Å². The number of aryl methyl sites for hydroxylation is 2. The highest BCUT2D eigenvalue weighted by Crippen LogP contribution is 2.29. The molecule has 6 nitrogen and oxygen atoms in total. The van der Waals surface area contributed by atoms with Gasteiger partial charge in [0.2, 0.25) is 0 Å². The van der Waals surface area contributed by atoms with Gasteiger partial charge in [0.25, 0.3) is 5.56 Å². The molecule has 0 aliphatic carbocycles. The number of hydrogen-bond acceptors (Lipinski definition) is 4. The van der Waals surface area contributed by atoms with E-state index >= 15 is 0 Å².